The van der Waals surface area contributed by atoms with Crippen molar-refractivity contribution in [2.75, 3.05) is 19.7 Å². The van der Waals surface area contributed by atoms with Gasteiger partial charge in [-0.3, -0.25) is 19.5 Å². The molecule has 1 unspecified atom stereocenters. The Balaban J connectivity index is 1.57. The fourth-order valence-corrected chi connectivity index (χ4v) is 3.74. The van der Waals surface area contributed by atoms with Crippen LogP contribution in [0.1, 0.15) is 24.3 Å². The van der Waals surface area contributed by atoms with Crippen LogP contribution >= 0.6 is 0 Å². The number of rotatable bonds is 6. The van der Waals surface area contributed by atoms with Gasteiger partial charge in [-0.15, -0.1) is 0 Å². The fraction of sp³-hybridized carbons (Fsp3) is 0.261. The number of carbonyl (C=O) groups excluding carboxylic acids is 1. The molecule has 10 heteroatoms. The summed E-state index contributed by atoms with van der Waals surface area (Å²) < 4.78 is 38.2. The maximum atomic E-state index is 13.9. The van der Waals surface area contributed by atoms with Crippen LogP contribution in [0.3, 0.4) is 0 Å². The van der Waals surface area contributed by atoms with E-state index in [2.05, 4.69) is 9.97 Å². The molecule has 2 aromatic heterocycles. The van der Waals surface area contributed by atoms with Gasteiger partial charge in [0.05, 0.1) is 24.6 Å². The van der Waals surface area contributed by atoms with Crippen molar-refractivity contribution in [1.29, 1.82) is 0 Å². The minimum Gasteiger partial charge on any atom is -0.453 e. The van der Waals surface area contributed by atoms with E-state index in [0.717, 1.165) is 17.7 Å². The molecule has 4 rings (SSSR count). The summed E-state index contributed by atoms with van der Waals surface area (Å²) in [5.74, 6) is -2.10. The van der Waals surface area contributed by atoms with E-state index >= 15 is 0 Å². The molecule has 3 heterocycles. The number of H-pyrrole nitrogens is 1. The Morgan fingerprint density at radius 3 is 2.73 bits per heavy atom. The number of nitrogens with zero attached hydrogens (tertiary/aromatic N) is 2. The number of morpholine rings is 1. The lowest BCUT2D eigenvalue weighted by molar-refractivity contribution is -0.137. The van der Waals surface area contributed by atoms with Crippen LogP contribution < -0.4 is 16.0 Å². The molecule has 172 valence electrons. The summed E-state index contributed by atoms with van der Waals surface area (Å²) in [6, 6.07) is 9.18. The maximum Gasteiger partial charge on any atom is 0.247 e. The molecule has 0 aliphatic carbocycles. The number of carbonyl (C=O) groups is 1. The number of primary amides is 1. The molecule has 0 bridgehead atoms. The van der Waals surface area contributed by atoms with Crippen molar-refractivity contribution in [1.82, 2.24) is 14.9 Å². The molecule has 3 aromatic rings. The van der Waals surface area contributed by atoms with Crippen LogP contribution in [0.4, 0.5) is 8.78 Å². The zero-order valence-electron chi connectivity index (χ0n) is 17.8. The van der Waals surface area contributed by atoms with Gasteiger partial charge in [-0.25, -0.2) is 8.78 Å². The monoisotopic (exact) mass is 456 g/mol. The third-order valence-electron chi connectivity index (χ3n) is 5.72. The van der Waals surface area contributed by atoms with Crippen molar-refractivity contribution >= 4 is 5.91 Å². The van der Waals surface area contributed by atoms with Crippen LogP contribution in [0.25, 0.3) is 0 Å². The lowest BCUT2D eigenvalue weighted by Gasteiger charge is -2.43. The SMILES string of the molecule is CC(C(N)=O)(c1ccc(Oc2ccc(F)cc2F)cn1)N1CCO[C@@H](c2ccc(=O)[nH]c2)C1. The summed E-state index contributed by atoms with van der Waals surface area (Å²) in [4.78, 5) is 32.8. The Hall–Kier alpha value is -3.63. The lowest BCUT2D eigenvalue weighted by atomic mass is 9.92. The third-order valence-corrected chi connectivity index (χ3v) is 5.72. The maximum absolute atomic E-state index is 13.9. The molecule has 0 radical (unpaired) electrons. The number of amides is 1. The van der Waals surface area contributed by atoms with Gasteiger partial charge in [-0.2, -0.15) is 0 Å². The van der Waals surface area contributed by atoms with Gasteiger partial charge in [-0.05, 0) is 42.8 Å². The summed E-state index contributed by atoms with van der Waals surface area (Å²) in [6.07, 6.45) is 2.55. The van der Waals surface area contributed by atoms with E-state index < -0.39 is 23.1 Å². The number of benzene rings is 1. The highest BCUT2D eigenvalue weighted by atomic mass is 19.1. The zero-order chi connectivity index (χ0) is 23.6. The first-order valence-corrected chi connectivity index (χ1v) is 10.2. The average molecular weight is 456 g/mol. The predicted molar refractivity (Wildman–Crippen MR) is 115 cm³/mol. The Bertz CT molecular complexity index is 1200. The van der Waals surface area contributed by atoms with Gasteiger partial charge in [0.2, 0.25) is 11.5 Å². The first kappa shape index (κ1) is 22.6. The molecule has 33 heavy (non-hydrogen) atoms. The third kappa shape index (κ3) is 4.62. The molecule has 1 amide bonds. The molecule has 0 spiro atoms. The summed E-state index contributed by atoms with van der Waals surface area (Å²) in [5.41, 5.74) is 5.47. The highest BCUT2D eigenvalue weighted by molar-refractivity contribution is 5.85. The quantitative estimate of drug-likeness (QED) is 0.590. The Kier molecular flexibility index (Phi) is 6.21. The van der Waals surface area contributed by atoms with E-state index in [-0.39, 0.29) is 23.2 Å². The molecule has 3 N–H and O–H groups in total. The number of halogens is 2. The van der Waals surface area contributed by atoms with Crippen molar-refractivity contribution in [2.45, 2.75) is 18.6 Å². The van der Waals surface area contributed by atoms with Gasteiger partial charge in [-0.1, -0.05) is 0 Å². The summed E-state index contributed by atoms with van der Waals surface area (Å²) >= 11 is 0. The van der Waals surface area contributed by atoms with Crippen LogP contribution in [-0.2, 0) is 15.1 Å². The molecule has 2 atom stereocenters. The van der Waals surface area contributed by atoms with Crippen molar-refractivity contribution in [2.24, 2.45) is 5.73 Å². The van der Waals surface area contributed by atoms with Crippen molar-refractivity contribution in [3.63, 3.8) is 0 Å². The Labute approximate surface area is 188 Å². The molecular weight excluding hydrogens is 434 g/mol. The second-order valence-corrected chi connectivity index (χ2v) is 7.78. The fourth-order valence-electron chi connectivity index (χ4n) is 3.74. The minimum absolute atomic E-state index is 0.152. The molecule has 1 fully saturated rings. The summed E-state index contributed by atoms with van der Waals surface area (Å²) in [5, 5.41) is 0. The number of hydrogen-bond acceptors (Lipinski definition) is 6. The average Bonchev–Trinajstić information content (AvgIpc) is 2.81. The predicted octanol–water partition coefficient (Wildman–Crippen LogP) is 2.61. The van der Waals surface area contributed by atoms with E-state index in [1.807, 2.05) is 4.90 Å². The molecule has 1 saturated heterocycles. The summed E-state index contributed by atoms with van der Waals surface area (Å²) in [6.45, 7) is 2.79. The summed E-state index contributed by atoms with van der Waals surface area (Å²) in [7, 11) is 0. The zero-order valence-corrected chi connectivity index (χ0v) is 17.8. The number of pyridine rings is 2. The number of hydrogen-bond donors (Lipinski definition) is 2. The van der Waals surface area contributed by atoms with Crippen LogP contribution in [0.5, 0.6) is 11.5 Å². The molecular formula is C23H22F2N4O4. The molecule has 8 nitrogen and oxygen atoms in total. The second kappa shape index (κ2) is 9.08. The smallest absolute Gasteiger partial charge is 0.247 e. The first-order valence-electron chi connectivity index (χ1n) is 10.2. The number of nitrogens with one attached hydrogen (secondary N) is 1. The molecule has 1 aliphatic heterocycles. The van der Waals surface area contributed by atoms with E-state index in [9.17, 15) is 18.4 Å². The van der Waals surface area contributed by atoms with Crippen LogP contribution in [0.15, 0.2) is 59.7 Å². The van der Waals surface area contributed by atoms with Crippen LogP contribution in [-0.4, -0.2) is 40.5 Å². The molecule has 0 saturated carbocycles. The van der Waals surface area contributed by atoms with E-state index in [4.69, 9.17) is 15.2 Å². The lowest BCUT2D eigenvalue weighted by Crippen LogP contribution is -2.57. The normalized spacial score (nSPS) is 18.5. The van der Waals surface area contributed by atoms with Gasteiger partial charge >= 0.3 is 0 Å². The number of nitrogens with two attached hydrogens (primary N) is 1. The van der Waals surface area contributed by atoms with E-state index in [1.54, 1.807) is 25.3 Å². The van der Waals surface area contributed by atoms with Crippen molar-refractivity contribution in [3.8, 4) is 11.5 Å². The van der Waals surface area contributed by atoms with Gasteiger partial charge in [0.25, 0.3) is 0 Å². The standard InChI is InChI=1S/C23H22F2N4O4/c1-23(22(26)31,29-8-9-32-19(13-29)14-2-7-21(30)28-11-14)20-6-4-16(12-27-20)33-18-5-3-15(24)10-17(18)25/h2-7,10-12,19H,8-9,13H2,1H3,(H2,26,31)(H,28,30)/t19-,23?/m1/s1. The molecule has 1 aliphatic rings. The van der Waals surface area contributed by atoms with Gasteiger partial charge in [0.1, 0.15) is 17.1 Å². The van der Waals surface area contributed by atoms with Crippen LogP contribution in [0, 0.1) is 11.6 Å². The largest absolute Gasteiger partial charge is 0.453 e. The number of ether oxygens (including phenoxy) is 2. The van der Waals surface area contributed by atoms with Gasteiger partial charge in [0, 0.05) is 31.4 Å². The number of aromatic nitrogens is 2. The van der Waals surface area contributed by atoms with E-state index in [1.165, 1.54) is 24.4 Å². The van der Waals surface area contributed by atoms with Crippen LogP contribution in [0.2, 0.25) is 0 Å². The highest BCUT2D eigenvalue weighted by Gasteiger charge is 2.43. The minimum atomic E-state index is -1.26. The van der Waals surface area contributed by atoms with E-state index in [0.29, 0.717) is 25.4 Å². The number of aromatic amines is 1. The topological polar surface area (TPSA) is 111 Å². The van der Waals surface area contributed by atoms with Crippen molar-refractivity contribution in [3.05, 3.63) is 88.1 Å². The Morgan fingerprint density at radius 1 is 1.27 bits per heavy atom. The van der Waals surface area contributed by atoms with Gasteiger partial charge < -0.3 is 20.2 Å². The first-order chi connectivity index (χ1) is 15.8. The molecule has 1 aromatic carbocycles. The Morgan fingerprint density at radius 2 is 2.09 bits per heavy atom. The van der Waals surface area contributed by atoms with Crippen molar-refractivity contribution < 1.29 is 23.0 Å². The van der Waals surface area contributed by atoms with Gasteiger partial charge in [0.15, 0.2) is 11.6 Å². The highest BCUT2D eigenvalue weighted by Crippen LogP contribution is 2.33. The second-order valence-electron chi connectivity index (χ2n) is 7.78.